The van der Waals surface area contributed by atoms with Crippen LogP contribution in [0.2, 0.25) is 5.02 Å². The smallest absolute Gasteiger partial charge is 0.323 e. The first-order valence-corrected chi connectivity index (χ1v) is 12.7. The molecule has 1 saturated heterocycles. The van der Waals surface area contributed by atoms with Crippen LogP contribution in [-0.2, 0) is 0 Å². The van der Waals surface area contributed by atoms with Gasteiger partial charge in [0.15, 0.2) is 0 Å². The molecule has 4 aromatic rings. The van der Waals surface area contributed by atoms with Crippen molar-refractivity contribution in [2.45, 2.75) is 12.8 Å². The summed E-state index contributed by atoms with van der Waals surface area (Å²) in [4.78, 5) is 22.9. The number of ether oxygens (including phenoxy) is 2. The maximum absolute atomic E-state index is 12.5. The van der Waals surface area contributed by atoms with Crippen LogP contribution in [0.15, 0.2) is 72.9 Å². The molecule has 2 N–H and O–H groups in total. The lowest BCUT2D eigenvalue weighted by atomic mass is 10.1. The average molecular weight is 528 g/mol. The number of carbonyl (C=O) groups excluding carboxylic acids is 1. The lowest BCUT2D eigenvalue weighted by Crippen LogP contribution is -2.25. The number of aromatic nitrogens is 1. The molecule has 38 heavy (non-hydrogen) atoms. The van der Waals surface area contributed by atoms with E-state index in [1.54, 1.807) is 54.7 Å². The molecule has 0 atom stereocenters. The van der Waals surface area contributed by atoms with Gasteiger partial charge in [-0.15, -0.1) is 0 Å². The quantitative estimate of drug-likeness (QED) is 0.234. The van der Waals surface area contributed by atoms with E-state index in [0.717, 1.165) is 19.6 Å². The molecule has 2 heterocycles. The molecule has 0 bridgehead atoms. The Morgan fingerprint density at radius 3 is 2.63 bits per heavy atom. The van der Waals surface area contributed by atoms with E-state index in [4.69, 9.17) is 27.6 Å². The third-order valence-electron chi connectivity index (χ3n) is 6.21. The van der Waals surface area contributed by atoms with Crippen LogP contribution in [0, 0.1) is 6.57 Å². The Labute approximate surface area is 226 Å². The zero-order valence-corrected chi connectivity index (χ0v) is 21.4. The van der Waals surface area contributed by atoms with Gasteiger partial charge in [-0.1, -0.05) is 29.8 Å². The monoisotopic (exact) mass is 527 g/mol. The topological polar surface area (TPSA) is 80.1 Å². The third-order valence-corrected chi connectivity index (χ3v) is 6.54. The summed E-state index contributed by atoms with van der Waals surface area (Å²) in [5, 5.41) is 6.56. The van der Waals surface area contributed by atoms with Crippen LogP contribution < -0.4 is 20.1 Å². The van der Waals surface area contributed by atoms with E-state index in [2.05, 4.69) is 25.4 Å². The van der Waals surface area contributed by atoms with Crippen molar-refractivity contribution in [1.29, 1.82) is 0 Å². The minimum absolute atomic E-state index is 0.367. The SMILES string of the molecule is [C-]#[N+]c1cc2c(Oc3ccc(Cl)c(NC(=O)Nc4ccccc4)c3)ccnc2cc1OCCN1CCCC1. The first kappa shape index (κ1) is 25.3. The summed E-state index contributed by atoms with van der Waals surface area (Å²) in [6.07, 6.45) is 4.09. The van der Waals surface area contributed by atoms with Crippen LogP contribution in [-0.4, -0.2) is 42.2 Å². The van der Waals surface area contributed by atoms with Crippen LogP contribution >= 0.6 is 11.6 Å². The number of para-hydroxylation sites is 1. The number of nitrogens with one attached hydrogen (secondary N) is 2. The molecule has 1 aliphatic rings. The van der Waals surface area contributed by atoms with Crippen molar-refractivity contribution in [2.24, 2.45) is 0 Å². The number of rotatable bonds is 8. The van der Waals surface area contributed by atoms with E-state index in [1.165, 1.54) is 12.8 Å². The summed E-state index contributed by atoms with van der Waals surface area (Å²) in [6, 6.07) is 18.9. The Kier molecular flexibility index (Phi) is 7.88. The minimum atomic E-state index is -0.427. The van der Waals surface area contributed by atoms with Crippen molar-refractivity contribution in [3.05, 3.63) is 89.4 Å². The van der Waals surface area contributed by atoms with Gasteiger partial charge in [0.05, 0.1) is 29.4 Å². The number of anilines is 2. The number of fused-ring (bicyclic) bond motifs is 1. The zero-order valence-electron chi connectivity index (χ0n) is 20.6. The van der Waals surface area contributed by atoms with Gasteiger partial charge in [-0.2, -0.15) is 0 Å². The molecule has 0 aliphatic carbocycles. The minimum Gasteiger partial charge on any atom is -0.503 e. The molecule has 0 saturated carbocycles. The average Bonchev–Trinajstić information content (AvgIpc) is 3.44. The second kappa shape index (κ2) is 11.8. The molecule has 0 unspecified atom stereocenters. The first-order valence-electron chi connectivity index (χ1n) is 12.3. The predicted octanol–water partition coefficient (Wildman–Crippen LogP) is 7.35. The molecule has 2 amide bonds. The lowest BCUT2D eigenvalue weighted by molar-refractivity contribution is 0.239. The standard InChI is InChI=1S/C29H26ClN5O3/c1-31-26-18-22-24(19-28(26)37-16-15-35-13-5-6-14-35)32-12-11-27(22)38-21-9-10-23(30)25(17-21)34-29(36)33-20-7-3-2-4-8-20/h2-4,7-12,17-19H,5-6,13-16H2,(H2,33,34,36). The number of halogens is 1. The summed E-state index contributed by atoms with van der Waals surface area (Å²) in [7, 11) is 0. The Hall–Kier alpha value is -4.32. The molecule has 3 aromatic carbocycles. The van der Waals surface area contributed by atoms with Crippen LogP contribution in [0.1, 0.15) is 12.8 Å². The van der Waals surface area contributed by atoms with Gasteiger partial charge in [0, 0.05) is 29.9 Å². The second-order valence-corrected chi connectivity index (χ2v) is 9.25. The number of urea groups is 1. The van der Waals surface area contributed by atoms with E-state index < -0.39 is 6.03 Å². The number of hydrogen-bond acceptors (Lipinski definition) is 5. The maximum atomic E-state index is 12.5. The zero-order chi connectivity index (χ0) is 26.3. The first-order chi connectivity index (χ1) is 18.6. The Bertz CT molecular complexity index is 1480. The highest BCUT2D eigenvalue weighted by molar-refractivity contribution is 6.33. The van der Waals surface area contributed by atoms with E-state index in [1.807, 2.05) is 18.2 Å². The van der Waals surface area contributed by atoms with Crippen LogP contribution in [0.3, 0.4) is 0 Å². The number of benzene rings is 3. The predicted molar refractivity (Wildman–Crippen MR) is 150 cm³/mol. The summed E-state index contributed by atoms with van der Waals surface area (Å²) < 4.78 is 12.1. The Balaban J connectivity index is 1.32. The molecule has 0 radical (unpaired) electrons. The number of hydrogen-bond donors (Lipinski definition) is 2. The summed E-state index contributed by atoms with van der Waals surface area (Å²) >= 11 is 6.32. The van der Waals surface area contributed by atoms with Crippen molar-refractivity contribution in [3.63, 3.8) is 0 Å². The highest BCUT2D eigenvalue weighted by atomic mass is 35.5. The second-order valence-electron chi connectivity index (χ2n) is 8.84. The third kappa shape index (κ3) is 6.14. The summed E-state index contributed by atoms with van der Waals surface area (Å²) in [5.74, 6) is 1.50. The van der Waals surface area contributed by atoms with E-state index >= 15 is 0 Å². The number of amides is 2. The number of likely N-dealkylation sites (tertiary alicyclic amines) is 1. The van der Waals surface area contributed by atoms with Gasteiger partial charge in [0.25, 0.3) is 0 Å². The lowest BCUT2D eigenvalue weighted by Gasteiger charge is -2.16. The molecule has 5 rings (SSSR count). The van der Waals surface area contributed by atoms with Crippen molar-refractivity contribution < 1.29 is 14.3 Å². The van der Waals surface area contributed by atoms with Crippen molar-refractivity contribution in [1.82, 2.24) is 9.88 Å². The molecule has 8 nitrogen and oxygen atoms in total. The molecule has 9 heteroatoms. The fourth-order valence-electron chi connectivity index (χ4n) is 4.32. The van der Waals surface area contributed by atoms with Crippen molar-refractivity contribution >= 4 is 45.6 Å². The molecule has 1 aliphatic heterocycles. The van der Waals surface area contributed by atoms with Crippen LogP contribution in [0.25, 0.3) is 15.7 Å². The molecular weight excluding hydrogens is 502 g/mol. The Morgan fingerprint density at radius 1 is 1.03 bits per heavy atom. The number of pyridine rings is 1. The molecular formula is C29H26ClN5O3. The Morgan fingerprint density at radius 2 is 1.84 bits per heavy atom. The van der Waals surface area contributed by atoms with Gasteiger partial charge in [-0.3, -0.25) is 9.88 Å². The summed E-state index contributed by atoms with van der Waals surface area (Å²) in [5.41, 5.74) is 2.10. The van der Waals surface area contributed by atoms with Crippen LogP contribution in [0.5, 0.6) is 17.2 Å². The highest BCUT2D eigenvalue weighted by Crippen LogP contribution is 2.38. The molecule has 1 aromatic heterocycles. The number of nitrogens with zero attached hydrogens (tertiary/aromatic N) is 3. The van der Waals surface area contributed by atoms with Crippen molar-refractivity contribution in [3.8, 4) is 17.2 Å². The molecule has 1 fully saturated rings. The fourth-order valence-corrected chi connectivity index (χ4v) is 4.48. The van der Waals surface area contributed by atoms with Gasteiger partial charge >= 0.3 is 6.03 Å². The van der Waals surface area contributed by atoms with Gasteiger partial charge in [0.2, 0.25) is 5.69 Å². The largest absolute Gasteiger partial charge is 0.503 e. The van der Waals surface area contributed by atoms with Gasteiger partial charge in [-0.05, 0) is 68.4 Å². The van der Waals surface area contributed by atoms with Crippen molar-refractivity contribution in [2.75, 3.05) is 36.9 Å². The normalized spacial score (nSPS) is 13.2. The fraction of sp³-hybridized carbons (Fsp3) is 0.207. The number of carbonyl (C=O) groups is 1. The maximum Gasteiger partial charge on any atom is 0.323 e. The van der Waals surface area contributed by atoms with Gasteiger partial charge in [-0.25, -0.2) is 9.64 Å². The van der Waals surface area contributed by atoms with Gasteiger partial charge in [0.1, 0.15) is 17.2 Å². The highest BCUT2D eigenvalue weighted by Gasteiger charge is 2.15. The molecule has 192 valence electrons. The van der Waals surface area contributed by atoms with E-state index in [9.17, 15) is 4.79 Å². The molecule has 0 spiro atoms. The van der Waals surface area contributed by atoms with E-state index in [-0.39, 0.29) is 0 Å². The van der Waals surface area contributed by atoms with E-state index in [0.29, 0.717) is 56.8 Å². The summed E-state index contributed by atoms with van der Waals surface area (Å²) in [6.45, 7) is 11.2. The van der Waals surface area contributed by atoms with Crippen LogP contribution in [0.4, 0.5) is 21.9 Å². The van der Waals surface area contributed by atoms with Gasteiger partial charge < -0.3 is 20.1 Å².